The fourth-order valence-corrected chi connectivity index (χ4v) is 2.25. The molecule has 0 aliphatic carbocycles. The molecule has 0 radical (unpaired) electrons. The van der Waals surface area contributed by atoms with Crippen LogP contribution in [0.5, 0.6) is 5.88 Å². The Kier molecular flexibility index (Phi) is 5.76. The summed E-state index contributed by atoms with van der Waals surface area (Å²) < 4.78 is 11.8. The molecule has 1 fully saturated rings. The van der Waals surface area contributed by atoms with Crippen molar-refractivity contribution in [1.82, 2.24) is 20.0 Å². The van der Waals surface area contributed by atoms with Crippen LogP contribution in [0.15, 0.2) is 6.07 Å². The highest BCUT2D eigenvalue weighted by molar-refractivity contribution is 5.92. The van der Waals surface area contributed by atoms with Crippen molar-refractivity contribution in [1.29, 1.82) is 0 Å². The highest BCUT2D eigenvalue weighted by Gasteiger charge is 2.19. The van der Waals surface area contributed by atoms with Gasteiger partial charge in [-0.1, -0.05) is 0 Å². The topological polar surface area (TPSA) is 85.7 Å². The van der Waals surface area contributed by atoms with Crippen LogP contribution in [0.4, 0.5) is 0 Å². The Labute approximate surface area is 129 Å². The molecule has 0 unspecified atom stereocenters. The van der Waals surface area contributed by atoms with Gasteiger partial charge < -0.3 is 19.7 Å². The third kappa shape index (κ3) is 4.20. The predicted molar refractivity (Wildman–Crippen MR) is 78.7 cm³/mol. The number of hydrogen-bond donors (Lipinski definition) is 1. The third-order valence-corrected chi connectivity index (χ3v) is 3.46. The van der Waals surface area contributed by atoms with Crippen LogP contribution < -0.4 is 10.1 Å². The average molecular weight is 310 g/mol. The van der Waals surface area contributed by atoms with E-state index >= 15 is 0 Å². The normalized spacial score (nSPS) is 14.2. The molecule has 0 bridgehead atoms. The highest BCUT2D eigenvalue weighted by atomic mass is 16.5. The van der Waals surface area contributed by atoms with E-state index in [-0.39, 0.29) is 24.1 Å². The number of aryl methyl sites for hydroxylation is 1. The zero-order valence-corrected chi connectivity index (χ0v) is 13.0. The van der Waals surface area contributed by atoms with Gasteiger partial charge in [0.15, 0.2) is 12.3 Å². The number of nitrogens with one attached hydrogen (secondary N) is 1. The lowest BCUT2D eigenvalue weighted by atomic mass is 10.4. The molecule has 1 aromatic heterocycles. The van der Waals surface area contributed by atoms with Crippen LogP contribution in [0, 0.1) is 0 Å². The van der Waals surface area contributed by atoms with Gasteiger partial charge in [0.25, 0.3) is 11.8 Å². The molecule has 2 rings (SSSR count). The summed E-state index contributed by atoms with van der Waals surface area (Å²) in [6.45, 7) is 2.40. The summed E-state index contributed by atoms with van der Waals surface area (Å²) in [4.78, 5) is 25.6. The maximum atomic E-state index is 11.9. The third-order valence-electron chi connectivity index (χ3n) is 3.46. The summed E-state index contributed by atoms with van der Waals surface area (Å²) in [5, 5.41) is 6.76. The van der Waals surface area contributed by atoms with Crippen LogP contribution in [0.3, 0.4) is 0 Å². The molecule has 1 N–H and O–H groups in total. The van der Waals surface area contributed by atoms with Gasteiger partial charge in [-0.3, -0.25) is 9.59 Å². The van der Waals surface area contributed by atoms with E-state index in [2.05, 4.69) is 10.4 Å². The van der Waals surface area contributed by atoms with E-state index in [1.54, 1.807) is 19.1 Å². The lowest BCUT2D eigenvalue weighted by Gasteiger charge is -2.15. The van der Waals surface area contributed by atoms with Crippen molar-refractivity contribution in [2.24, 2.45) is 7.05 Å². The summed E-state index contributed by atoms with van der Waals surface area (Å²) in [5.41, 5.74) is 0.252. The molecule has 0 spiro atoms. The van der Waals surface area contributed by atoms with Crippen LogP contribution in [0.2, 0.25) is 0 Å². The maximum absolute atomic E-state index is 11.9. The van der Waals surface area contributed by atoms with Crippen LogP contribution >= 0.6 is 0 Å². The molecule has 0 atom stereocenters. The minimum atomic E-state index is -0.298. The minimum absolute atomic E-state index is 0.0372. The zero-order valence-electron chi connectivity index (χ0n) is 13.0. The Morgan fingerprint density at radius 2 is 2.09 bits per heavy atom. The van der Waals surface area contributed by atoms with Crippen molar-refractivity contribution >= 4 is 11.8 Å². The summed E-state index contributed by atoms with van der Waals surface area (Å²) >= 11 is 0. The summed E-state index contributed by atoms with van der Waals surface area (Å²) in [6.07, 6.45) is 2.09. The first-order valence-electron chi connectivity index (χ1n) is 7.33. The number of carbonyl (C=O) groups is 2. The molecule has 22 heavy (non-hydrogen) atoms. The number of nitrogens with zero attached hydrogens (tertiary/aromatic N) is 3. The Bertz CT molecular complexity index is 523. The van der Waals surface area contributed by atoms with E-state index in [0.29, 0.717) is 19.0 Å². The van der Waals surface area contributed by atoms with Gasteiger partial charge in [-0.2, -0.15) is 5.10 Å². The Morgan fingerprint density at radius 3 is 2.77 bits per heavy atom. The van der Waals surface area contributed by atoms with E-state index in [0.717, 1.165) is 25.9 Å². The molecule has 0 aromatic carbocycles. The second-order valence-corrected chi connectivity index (χ2v) is 5.12. The first-order chi connectivity index (χ1) is 10.6. The molecule has 1 aromatic rings. The Balaban J connectivity index is 1.86. The van der Waals surface area contributed by atoms with Crippen molar-refractivity contribution < 1.29 is 19.1 Å². The SMILES string of the molecule is COCCNC(=O)c1cc(OCC(=O)N2CCCC2)n(C)n1. The molecule has 1 aliphatic rings. The second-order valence-electron chi connectivity index (χ2n) is 5.12. The number of methoxy groups -OCH3 is 1. The monoisotopic (exact) mass is 310 g/mol. The smallest absolute Gasteiger partial charge is 0.272 e. The first kappa shape index (κ1) is 16.3. The molecule has 0 saturated carbocycles. The largest absolute Gasteiger partial charge is 0.468 e. The van der Waals surface area contributed by atoms with E-state index in [1.165, 1.54) is 10.7 Å². The first-order valence-corrected chi connectivity index (χ1v) is 7.33. The fraction of sp³-hybridized carbons (Fsp3) is 0.643. The molecule has 122 valence electrons. The molecule has 8 nitrogen and oxygen atoms in total. The molecular formula is C14H22N4O4. The molecule has 1 aliphatic heterocycles. The number of rotatable bonds is 7. The van der Waals surface area contributed by atoms with E-state index < -0.39 is 0 Å². The van der Waals surface area contributed by atoms with Crippen LogP contribution in [0.1, 0.15) is 23.3 Å². The lowest BCUT2D eigenvalue weighted by molar-refractivity contribution is -0.132. The van der Waals surface area contributed by atoms with E-state index in [1.807, 2.05) is 0 Å². The lowest BCUT2D eigenvalue weighted by Crippen LogP contribution is -2.32. The van der Waals surface area contributed by atoms with Crippen LogP contribution in [0.25, 0.3) is 0 Å². The maximum Gasteiger partial charge on any atom is 0.272 e. The van der Waals surface area contributed by atoms with Crippen molar-refractivity contribution in [3.8, 4) is 5.88 Å². The van der Waals surface area contributed by atoms with Gasteiger partial charge in [0.1, 0.15) is 0 Å². The predicted octanol–water partition coefficient (Wildman–Crippen LogP) is -0.202. The van der Waals surface area contributed by atoms with Gasteiger partial charge in [-0.15, -0.1) is 0 Å². The number of aromatic nitrogens is 2. The number of likely N-dealkylation sites (tertiary alicyclic amines) is 1. The van der Waals surface area contributed by atoms with Crippen molar-refractivity contribution in [2.75, 3.05) is 40.0 Å². The molecule has 2 heterocycles. The highest BCUT2D eigenvalue weighted by Crippen LogP contribution is 2.13. The number of hydrogen-bond acceptors (Lipinski definition) is 5. The number of ether oxygens (including phenoxy) is 2. The van der Waals surface area contributed by atoms with Crippen LogP contribution in [-0.4, -0.2) is 66.5 Å². The van der Waals surface area contributed by atoms with Crippen molar-refractivity contribution in [3.63, 3.8) is 0 Å². The molecule has 1 saturated heterocycles. The van der Waals surface area contributed by atoms with Crippen LogP contribution in [-0.2, 0) is 16.6 Å². The minimum Gasteiger partial charge on any atom is -0.468 e. The Hall–Kier alpha value is -2.09. The van der Waals surface area contributed by atoms with Crippen molar-refractivity contribution in [2.45, 2.75) is 12.8 Å². The van der Waals surface area contributed by atoms with Gasteiger partial charge >= 0.3 is 0 Å². The number of amides is 2. The van der Waals surface area contributed by atoms with Gasteiger partial charge in [0.05, 0.1) is 6.61 Å². The van der Waals surface area contributed by atoms with Gasteiger partial charge in [0, 0.05) is 39.9 Å². The van der Waals surface area contributed by atoms with Crippen molar-refractivity contribution in [3.05, 3.63) is 11.8 Å². The zero-order chi connectivity index (χ0) is 15.9. The van der Waals surface area contributed by atoms with Gasteiger partial charge in [-0.25, -0.2) is 4.68 Å². The second kappa shape index (κ2) is 7.79. The molecular weight excluding hydrogens is 288 g/mol. The van der Waals surface area contributed by atoms with Gasteiger partial charge in [-0.05, 0) is 12.8 Å². The standard InChI is InChI=1S/C14H22N4O4/c1-17-13(22-10-12(19)18-6-3-4-7-18)9-11(16-17)14(20)15-5-8-21-2/h9H,3-8,10H2,1-2H3,(H,15,20). The average Bonchev–Trinajstić information content (AvgIpc) is 3.15. The quantitative estimate of drug-likeness (QED) is 0.705. The summed E-state index contributed by atoms with van der Waals surface area (Å²) in [6, 6.07) is 1.53. The summed E-state index contributed by atoms with van der Waals surface area (Å²) in [5.74, 6) is 0.0580. The number of carbonyl (C=O) groups excluding carboxylic acids is 2. The fourth-order valence-electron chi connectivity index (χ4n) is 2.25. The molecule has 8 heteroatoms. The van der Waals surface area contributed by atoms with E-state index in [4.69, 9.17) is 9.47 Å². The summed E-state index contributed by atoms with van der Waals surface area (Å²) in [7, 11) is 3.23. The van der Waals surface area contributed by atoms with Gasteiger partial charge in [0.2, 0.25) is 5.88 Å². The Morgan fingerprint density at radius 1 is 1.36 bits per heavy atom. The van der Waals surface area contributed by atoms with E-state index in [9.17, 15) is 9.59 Å². The molecule has 2 amide bonds.